The first-order valence-electron chi connectivity index (χ1n) is 3.62. The molecular weight excluding hydrogens is 144 g/mol. The lowest BCUT2D eigenvalue weighted by molar-refractivity contribution is -0.122. The van der Waals surface area contributed by atoms with Gasteiger partial charge in [0, 0.05) is 12.5 Å². The summed E-state index contributed by atoms with van der Waals surface area (Å²) in [6.45, 7) is 1.94. The zero-order chi connectivity index (χ0) is 8.69. The molecule has 64 valence electrons. The number of rotatable bonds is 5. The number of hydrogen-bond acceptors (Lipinski definition) is 3. The van der Waals surface area contributed by atoms with Crippen LogP contribution in [-0.4, -0.2) is 24.8 Å². The van der Waals surface area contributed by atoms with Crippen LogP contribution in [0.15, 0.2) is 0 Å². The summed E-state index contributed by atoms with van der Waals surface area (Å²) in [5.74, 6) is -0.116. The zero-order valence-corrected chi connectivity index (χ0v) is 6.67. The third-order valence-corrected chi connectivity index (χ3v) is 1.21. The van der Waals surface area contributed by atoms with Crippen molar-refractivity contribution in [1.29, 1.82) is 0 Å². The smallest absolute Gasteiger partial charge is 0.220 e. The molecule has 0 spiro atoms. The van der Waals surface area contributed by atoms with Gasteiger partial charge in [0.15, 0.2) is 0 Å². The van der Waals surface area contributed by atoms with Crippen molar-refractivity contribution in [2.24, 2.45) is 5.73 Å². The minimum absolute atomic E-state index is 0.0389. The maximum atomic E-state index is 10.8. The molecule has 1 unspecified atom stereocenters. The van der Waals surface area contributed by atoms with Crippen molar-refractivity contribution in [2.45, 2.75) is 25.8 Å². The van der Waals surface area contributed by atoms with Crippen LogP contribution in [-0.2, 0) is 9.59 Å². The molecule has 0 radical (unpaired) electrons. The fourth-order valence-electron chi connectivity index (χ4n) is 0.603. The lowest BCUT2D eigenvalue weighted by Gasteiger charge is -2.03. The lowest BCUT2D eigenvalue weighted by atomic mass is 10.2. The van der Waals surface area contributed by atoms with E-state index < -0.39 is 0 Å². The van der Waals surface area contributed by atoms with Crippen LogP contribution in [0.4, 0.5) is 0 Å². The molecule has 4 heteroatoms. The van der Waals surface area contributed by atoms with Crippen LogP contribution in [0, 0.1) is 0 Å². The molecule has 0 aromatic carbocycles. The van der Waals surface area contributed by atoms with Crippen LogP contribution >= 0.6 is 0 Å². The number of aldehydes is 1. The van der Waals surface area contributed by atoms with E-state index in [1.54, 1.807) is 0 Å². The Morgan fingerprint density at radius 3 is 2.82 bits per heavy atom. The van der Waals surface area contributed by atoms with Crippen molar-refractivity contribution in [3.05, 3.63) is 0 Å². The van der Waals surface area contributed by atoms with Gasteiger partial charge >= 0.3 is 0 Å². The van der Waals surface area contributed by atoms with Crippen LogP contribution in [0.1, 0.15) is 19.8 Å². The fraction of sp³-hybridized carbons (Fsp3) is 0.714. The third kappa shape index (κ3) is 6.99. The number of nitrogens with two attached hydrogens (primary N) is 1. The zero-order valence-electron chi connectivity index (χ0n) is 6.67. The highest BCUT2D eigenvalue weighted by Gasteiger charge is 2.01. The largest absolute Gasteiger partial charge is 0.349 e. The molecule has 0 aromatic heterocycles. The Bertz CT molecular complexity index is 134. The second-order valence-electron chi connectivity index (χ2n) is 2.49. The molecule has 0 fully saturated rings. The molecule has 0 aliphatic rings. The van der Waals surface area contributed by atoms with E-state index in [0.29, 0.717) is 19.1 Å². The number of carbonyl (C=O) groups excluding carboxylic acids is 2. The van der Waals surface area contributed by atoms with Gasteiger partial charge in [-0.05, 0) is 13.3 Å². The Morgan fingerprint density at radius 1 is 1.73 bits per heavy atom. The molecule has 1 atom stereocenters. The van der Waals surface area contributed by atoms with Crippen molar-refractivity contribution < 1.29 is 9.59 Å². The minimum atomic E-state index is -0.116. The Kier molecular flexibility index (Phi) is 5.37. The van der Waals surface area contributed by atoms with Crippen LogP contribution in [0.5, 0.6) is 0 Å². The molecule has 0 saturated carbocycles. The van der Waals surface area contributed by atoms with Crippen molar-refractivity contribution in [2.75, 3.05) is 6.54 Å². The van der Waals surface area contributed by atoms with E-state index in [1.807, 2.05) is 6.92 Å². The summed E-state index contributed by atoms with van der Waals surface area (Å²) in [5.41, 5.74) is 5.42. The molecule has 0 aromatic rings. The SMILES string of the molecule is CC(N)CCC(=O)NCC=O. The van der Waals surface area contributed by atoms with E-state index in [2.05, 4.69) is 5.32 Å². The van der Waals surface area contributed by atoms with Crippen molar-refractivity contribution in [1.82, 2.24) is 5.32 Å². The Balaban J connectivity index is 3.29. The second-order valence-corrected chi connectivity index (χ2v) is 2.49. The van der Waals surface area contributed by atoms with Gasteiger partial charge in [0.2, 0.25) is 5.91 Å². The Hall–Kier alpha value is -0.900. The maximum Gasteiger partial charge on any atom is 0.220 e. The predicted octanol–water partition coefficient (Wildman–Crippen LogP) is -0.571. The first kappa shape index (κ1) is 10.1. The molecule has 0 bridgehead atoms. The number of nitrogens with one attached hydrogen (secondary N) is 1. The van der Waals surface area contributed by atoms with Gasteiger partial charge in [0.25, 0.3) is 0 Å². The van der Waals surface area contributed by atoms with Gasteiger partial charge in [-0.2, -0.15) is 0 Å². The molecule has 1 amide bonds. The second kappa shape index (κ2) is 5.85. The number of carbonyl (C=O) groups is 2. The number of hydrogen-bond donors (Lipinski definition) is 2. The van der Waals surface area contributed by atoms with Crippen molar-refractivity contribution in [3.63, 3.8) is 0 Å². The summed E-state index contributed by atoms with van der Waals surface area (Å²) in [7, 11) is 0. The summed E-state index contributed by atoms with van der Waals surface area (Å²) >= 11 is 0. The summed E-state index contributed by atoms with van der Waals surface area (Å²) in [4.78, 5) is 20.6. The third-order valence-electron chi connectivity index (χ3n) is 1.21. The Labute approximate surface area is 66.1 Å². The van der Waals surface area contributed by atoms with Gasteiger partial charge in [0.1, 0.15) is 6.29 Å². The average molecular weight is 158 g/mol. The van der Waals surface area contributed by atoms with E-state index in [1.165, 1.54) is 0 Å². The maximum absolute atomic E-state index is 10.8. The normalized spacial score (nSPS) is 12.2. The summed E-state index contributed by atoms with van der Waals surface area (Å²) in [6.07, 6.45) is 1.71. The highest BCUT2D eigenvalue weighted by atomic mass is 16.2. The monoisotopic (exact) mass is 158 g/mol. The molecular formula is C7H14N2O2. The van der Waals surface area contributed by atoms with Crippen molar-refractivity contribution in [3.8, 4) is 0 Å². The first-order valence-corrected chi connectivity index (χ1v) is 3.62. The highest BCUT2D eigenvalue weighted by Crippen LogP contribution is 1.91. The average Bonchev–Trinajstić information content (AvgIpc) is 1.97. The van der Waals surface area contributed by atoms with Gasteiger partial charge in [-0.1, -0.05) is 0 Å². The fourth-order valence-corrected chi connectivity index (χ4v) is 0.603. The van der Waals surface area contributed by atoms with E-state index in [-0.39, 0.29) is 18.5 Å². The molecule has 0 heterocycles. The molecule has 0 rings (SSSR count). The van der Waals surface area contributed by atoms with E-state index in [9.17, 15) is 9.59 Å². The highest BCUT2D eigenvalue weighted by molar-refractivity contribution is 5.78. The standard InChI is InChI=1S/C7H14N2O2/c1-6(8)2-3-7(11)9-4-5-10/h5-6H,2-4,8H2,1H3,(H,9,11). The first-order chi connectivity index (χ1) is 5.16. The molecule has 3 N–H and O–H groups in total. The molecule has 11 heavy (non-hydrogen) atoms. The molecule has 0 aliphatic carbocycles. The molecule has 0 saturated heterocycles. The lowest BCUT2D eigenvalue weighted by Crippen LogP contribution is -2.27. The Morgan fingerprint density at radius 2 is 2.36 bits per heavy atom. The van der Waals surface area contributed by atoms with Gasteiger partial charge in [0.05, 0.1) is 6.54 Å². The van der Waals surface area contributed by atoms with Gasteiger partial charge < -0.3 is 15.8 Å². The molecule has 0 aliphatic heterocycles. The van der Waals surface area contributed by atoms with Gasteiger partial charge in [-0.3, -0.25) is 4.79 Å². The molecule has 4 nitrogen and oxygen atoms in total. The summed E-state index contributed by atoms with van der Waals surface area (Å²) < 4.78 is 0. The van der Waals surface area contributed by atoms with E-state index >= 15 is 0 Å². The minimum Gasteiger partial charge on any atom is -0.349 e. The summed E-state index contributed by atoms with van der Waals surface area (Å²) in [5, 5.41) is 2.43. The van der Waals surface area contributed by atoms with Crippen LogP contribution in [0.3, 0.4) is 0 Å². The predicted molar refractivity (Wildman–Crippen MR) is 42.0 cm³/mol. The van der Waals surface area contributed by atoms with Gasteiger partial charge in [-0.15, -0.1) is 0 Å². The quantitative estimate of drug-likeness (QED) is 0.526. The van der Waals surface area contributed by atoms with Crippen LogP contribution in [0.25, 0.3) is 0 Å². The number of amides is 1. The van der Waals surface area contributed by atoms with Crippen molar-refractivity contribution >= 4 is 12.2 Å². The van der Waals surface area contributed by atoms with Crippen LogP contribution < -0.4 is 11.1 Å². The van der Waals surface area contributed by atoms with Crippen LogP contribution in [0.2, 0.25) is 0 Å². The van der Waals surface area contributed by atoms with Gasteiger partial charge in [-0.25, -0.2) is 0 Å². The topological polar surface area (TPSA) is 72.2 Å². The summed E-state index contributed by atoms with van der Waals surface area (Å²) in [6, 6.07) is 0.0389. The van der Waals surface area contributed by atoms with E-state index in [4.69, 9.17) is 5.73 Å². The van der Waals surface area contributed by atoms with E-state index in [0.717, 1.165) is 0 Å².